The zero-order valence-electron chi connectivity index (χ0n) is 19.2. The van der Waals surface area contributed by atoms with Crippen LogP contribution in [0.2, 0.25) is 0 Å². The van der Waals surface area contributed by atoms with Gasteiger partial charge in [-0.05, 0) is 67.8 Å². The monoisotopic (exact) mass is 443 g/mol. The molecular weight excluding hydrogens is 414 g/mol. The topological polar surface area (TPSA) is 70.7 Å². The molecule has 4 rings (SSSR count). The van der Waals surface area contributed by atoms with Gasteiger partial charge in [0.1, 0.15) is 6.17 Å². The van der Waals surface area contributed by atoms with Gasteiger partial charge in [-0.3, -0.25) is 9.59 Å². The maximum Gasteiger partial charge on any atom is 0.256 e. The van der Waals surface area contributed by atoms with Crippen LogP contribution in [0.5, 0.6) is 0 Å². The highest BCUT2D eigenvalue weighted by molar-refractivity contribution is 6.05. The fraction of sp³-hybridized carbons (Fsp3) is 0.259. The summed E-state index contributed by atoms with van der Waals surface area (Å²) in [4.78, 5) is 27.7. The van der Waals surface area contributed by atoms with E-state index in [1.807, 2.05) is 79.4 Å². The van der Waals surface area contributed by atoms with Gasteiger partial charge in [0, 0.05) is 48.3 Å². The van der Waals surface area contributed by atoms with Gasteiger partial charge in [-0.25, -0.2) is 0 Å². The Labute approximate surface area is 194 Å². The van der Waals surface area contributed by atoms with E-state index in [0.29, 0.717) is 24.3 Å². The number of ether oxygens (including phenoxy) is 1. The summed E-state index contributed by atoms with van der Waals surface area (Å²) in [6, 6.07) is 20.9. The van der Waals surface area contributed by atoms with Gasteiger partial charge in [0.25, 0.3) is 11.8 Å². The highest BCUT2D eigenvalue weighted by Crippen LogP contribution is 2.34. The number of fused-ring (bicyclic) bond motifs is 1. The predicted molar refractivity (Wildman–Crippen MR) is 131 cm³/mol. The van der Waals surface area contributed by atoms with Crippen LogP contribution in [0.4, 0.5) is 11.4 Å². The van der Waals surface area contributed by atoms with Gasteiger partial charge in [0.05, 0.1) is 0 Å². The van der Waals surface area contributed by atoms with Gasteiger partial charge in [0.15, 0.2) is 0 Å². The molecule has 0 aliphatic carbocycles. The molecule has 1 aliphatic rings. The molecule has 6 heteroatoms. The second kappa shape index (κ2) is 9.88. The Kier molecular flexibility index (Phi) is 6.75. The maximum atomic E-state index is 13.0. The predicted octanol–water partition coefficient (Wildman–Crippen LogP) is 5.16. The van der Waals surface area contributed by atoms with Gasteiger partial charge in [0.2, 0.25) is 0 Å². The number of amides is 2. The molecule has 0 radical (unpaired) electrons. The minimum absolute atomic E-state index is 0.00263. The Balaban J connectivity index is 1.54. The molecular formula is C27H29N3O3. The van der Waals surface area contributed by atoms with Crippen molar-refractivity contribution in [2.24, 2.45) is 0 Å². The largest absolute Gasteiger partial charge is 0.385 e. The lowest BCUT2D eigenvalue weighted by atomic mass is 10.1. The van der Waals surface area contributed by atoms with Crippen molar-refractivity contribution in [1.29, 1.82) is 0 Å². The summed E-state index contributed by atoms with van der Waals surface area (Å²) in [5, 5.41) is 6.43. The molecule has 0 saturated heterocycles. The Morgan fingerprint density at radius 2 is 1.79 bits per heavy atom. The van der Waals surface area contributed by atoms with E-state index in [1.54, 1.807) is 13.2 Å². The third-order valence-electron chi connectivity index (χ3n) is 6.00. The summed E-state index contributed by atoms with van der Waals surface area (Å²) in [5.74, 6) is -0.176. The molecule has 0 saturated carbocycles. The Morgan fingerprint density at radius 1 is 0.970 bits per heavy atom. The van der Waals surface area contributed by atoms with Crippen molar-refractivity contribution in [2.45, 2.75) is 26.4 Å². The van der Waals surface area contributed by atoms with Crippen molar-refractivity contribution in [3.05, 3.63) is 94.5 Å². The lowest BCUT2D eigenvalue weighted by molar-refractivity contribution is 0.0721. The number of nitrogens with one attached hydrogen (secondary N) is 2. The average molecular weight is 444 g/mol. The molecule has 0 aromatic heterocycles. The van der Waals surface area contributed by atoms with Crippen molar-refractivity contribution < 1.29 is 14.3 Å². The molecule has 6 nitrogen and oxygen atoms in total. The highest BCUT2D eigenvalue weighted by Gasteiger charge is 2.36. The first-order chi connectivity index (χ1) is 16.0. The first kappa shape index (κ1) is 22.6. The number of carbonyl (C=O) groups excluding carboxylic acids is 2. The number of carbonyl (C=O) groups is 2. The molecule has 3 aromatic carbocycles. The van der Waals surface area contributed by atoms with Crippen molar-refractivity contribution >= 4 is 23.2 Å². The fourth-order valence-corrected chi connectivity index (χ4v) is 4.07. The van der Waals surface area contributed by atoms with Crippen LogP contribution in [-0.4, -0.2) is 37.0 Å². The molecule has 1 atom stereocenters. The van der Waals surface area contributed by atoms with Crippen LogP contribution < -0.4 is 10.6 Å². The number of benzene rings is 3. The summed E-state index contributed by atoms with van der Waals surface area (Å²) < 4.78 is 5.17. The van der Waals surface area contributed by atoms with Gasteiger partial charge >= 0.3 is 0 Å². The summed E-state index contributed by atoms with van der Waals surface area (Å²) >= 11 is 0. The minimum atomic E-state index is -0.302. The van der Waals surface area contributed by atoms with Crippen LogP contribution in [0.3, 0.4) is 0 Å². The smallest absolute Gasteiger partial charge is 0.256 e. The van der Waals surface area contributed by atoms with Gasteiger partial charge in [-0.2, -0.15) is 0 Å². The van der Waals surface area contributed by atoms with E-state index >= 15 is 0 Å². The summed E-state index contributed by atoms with van der Waals surface area (Å²) in [7, 11) is 1.66. The van der Waals surface area contributed by atoms with Crippen LogP contribution >= 0.6 is 0 Å². The summed E-state index contributed by atoms with van der Waals surface area (Å²) in [6.45, 7) is 5.22. The van der Waals surface area contributed by atoms with Crippen LogP contribution in [-0.2, 0) is 4.74 Å². The van der Waals surface area contributed by atoms with Crippen LogP contribution in [0.25, 0.3) is 0 Å². The first-order valence-electron chi connectivity index (χ1n) is 11.1. The van der Waals surface area contributed by atoms with Crippen molar-refractivity contribution in [3.8, 4) is 0 Å². The molecule has 0 fully saturated rings. The van der Waals surface area contributed by atoms with E-state index < -0.39 is 0 Å². The summed E-state index contributed by atoms with van der Waals surface area (Å²) in [6.07, 6.45) is 0.441. The highest BCUT2D eigenvalue weighted by atomic mass is 16.5. The zero-order chi connectivity index (χ0) is 23.4. The first-order valence-corrected chi connectivity index (χ1v) is 11.1. The number of hydrogen-bond donors (Lipinski definition) is 2. The SMILES string of the molecule is COCCCN1C(=O)c2ccccc2C1Nc1cccc(C(=O)Nc2ccc(C)c(C)c2)c1. The Morgan fingerprint density at radius 3 is 2.58 bits per heavy atom. The molecule has 33 heavy (non-hydrogen) atoms. The molecule has 3 aromatic rings. The average Bonchev–Trinajstić information content (AvgIpc) is 3.08. The fourth-order valence-electron chi connectivity index (χ4n) is 4.07. The molecule has 170 valence electrons. The number of anilines is 2. The standard InChI is InChI=1S/C27H29N3O3/c1-18-12-13-22(16-19(18)2)29-26(31)20-8-6-9-21(17-20)28-25-23-10-4-5-11-24(23)27(32)30(25)14-7-15-33-3/h4-6,8-13,16-17,25,28H,7,14-15H2,1-3H3,(H,29,31). The molecule has 2 amide bonds. The lowest BCUT2D eigenvalue weighted by Gasteiger charge is -2.27. The normalized spacial score (nSPS) is 14.8. The van der Waals surface area contributed by atoms with Crippen LogP contribution in [0.1, 0.15) is 50.0 Å². The number of rotatable bonds is 8. The number of aryl methyl sites for hydroxylation is 2. The number of nitrogens with zero attached hydrogens (tertiary/aromatic N) is 1. The van der Waals surface area contributed by atoms with Gasteiger partial charge in [-0.15, -0.1) is 0 Å². The number of hydrogen-bond acceptors (Lipinski definition) is 4. The molecule has 1 heterocycles. The second-order valence-electron chi connectivity index (χ2n) is 8.31. The quantitative estimate of drug-likeness (QED) is 0.472. The molecule has 2 N–H and O–H groups in total. The third kappa shape index (κ3) is 4.91. The van der Waals surface area contributed by atoms with Gasteiger partial charge in [-0.1, -0.05) is 30.3 Å². The molecule has 0 spiro atoms. The van der Waals surface area contributed by atoms with Crippen molar-refractivity contribution in [2.75, 3.05) is 30.9 Å². The Bertz CT molecular complexity index is 1170. The number of methoxy groups -OCH3 is 1. The summed E-state index contributed by atoms with van der Waals surface area (Å²) in [5.41, 5.74) is 6.03. The van der Waals surface area contributed by atoms with E-state index in [-0.39, 0.29) is 18.0 Å². The maximum absolute atomic E-state index is 13.0. The van der Waals surface area contributed by atoms with E-state index in [4.69, 9.17) is 4.74 Å². The van der Waals surface area contributed by atoms with Crippen LogP contribution in [0, 0.1) is 13.8 Å². The van der Waals surface area contributed by atoms with E-state index in [2.05, 4.69) is 10.6 Å². The van der Waals surface area contributed by atoms with E-state index in [1.165, 1.54) is 5.56 Å². The Hall–Kier alpha value is -3.64. The molecule has 1 aliphatic heterocycles. The van der Waals surface area contributed by atoms with Crippen LogP contribution in [0.15, 0.2) is 66.7 Å². The molecule has 0 bridgehead atoms. The van der Waals surface area contributed by atoms with Crippen molar-refractivity contribution in [1.82, 2.24) is 4.90 Å². The minimum Gasteiger partial charge on any atom is -0.385 e. The molecule has 1 unspecified atom stereocenters. The van der Waals surface area contributed by atoms with Gasteiger partial charge < -0.3 is 20.3 Å². The van der Waals surface area contributed by atoms with E-state index in [9.17, 15) is 9.59 Å². The van der Waals surface area contributed by atoms with E-state index in [0.717, 1.165) is 28.9 Å². The zero-order valence-corrected chi connectivity index (χ0v) is 19.2. The second-order valence-corrected chi connectivity index (χ2v) is 8.31. The lowest BCUT2D eigenvalue weighted by Crippen LogP contribution is -2.33. The third-order valence-corrected chi connectivity index (χ3v) is 6.00. The van der Waals surface area contributed by atoms with Crippen molar-refractivity contribution in [3.63, 3.8) is 0 Å².